The molecule has 0 saturated heterocycles. The molecule has 18 heavy (non-hydrogen) atoms. The number of hydrogen-bond donors (Lipinski definition) is 2. The average molecular weight is 243 g/mol. The third-order valence-electron chi connectivity index (χ3n) is 2.57. The zero-order chi connectivity index (χ0) is 12.8. The van der Waals surface area contributed by atoms with Gasteiger partial charge in [0.1, 0.15) is 5.75 Å². The zero-order valence-corrected chi connectivity index (χ0v) is 9.86. The molecule has 92 valence electrons. The Bertz CT molecular complexity index is 491. The molecule has 1 heterocycles. The summed E-state index contributed by atoms with van der Waals surface area (Å²) in [5.41, 5.74) is 1.58. The van der Waals surface area contributed by atoms with Gasteiger partial charge in [-0.15, -0.1) is 0 Å². The number of benzene rings is 1. The van der Waals surface area contributed by atoms with Gasteiger partial charge in [0, 0.05) is 18.8 Å². The predicted octanol–water partition coefficient (Wildman–Crippen LogP) is 0.383. The fraction of sp³-hybridized carbons (Fsp3) is 0.154. The number of nitrogens with zero attached hydrogens (tertiary/aromatic N) is 1. The largest absolute Gasteiger partial charge is 0.493 e. The first-order valence-electron chi connectivity index (χ1n) is 5.73. The molecule has 0 unspecified atom stereocenters. The van der Waals surface area contributed by atoms with Gasteiger partial charge in [-0.1, -0.05) is 12.1 Å². The average Bonchev–Trinajstić information content (AvgIpc) is 2.40. The Morgan fingerprint density at radius 3 is 2.61 bits per heavy atom. The molecule has 2 rings (SSSR count). The number of aromatic nitrogens is 1. The standard InChI is InChI=1S/C13H14BNO3/c16-14(17)12-2-1-3-13(10-12)18-9-6-11-4-7-15-8-5-11/h1-5,7-8,10,16-17H,6,9H2. The Kier molecular flexibility index (Phi) is 4.33. The summed E-state index contributed by atoms with van der Waals surface area (Å²) in [5, 5.41) is 18.1. The molecule has 0 fully saturated rings. The van der Waals surface area contributed by atoms with Crippen LogP contribution in [-0.4, -0.2) is 28.8 Å². The van der Waals surface area contributed by atoms with E-state index < -0.39 is 7.12 Å². The Balaban J connectivity index is 1.89. The molecule has 1 aromatic heterocycles. The van der Waals surface area contributed by atoms with Crippen LogP contribution in [0, 0.1) is 0 Å². The van der Waals surface area contributed by atoms with Crippen molar-refractivity contribution in [2.45, 2.75) is 6.42 Å². The van der Waals surface area contributed by atoms with Gasteiger partial charge in [-0.05, 0) is 35.3 Å². The van der Waals surface area contributed by atoms with Crippen LogP contribution in [0.5, 0.6) is 5.75 Å². The predicted molar refractivity (Wildman–Crippen MR) is 69.7 cm³/mol. The van der Waals surface area contributed by atoms with Gasteiger partial charge in [-0.2, -0.15) is 0 Å². The summed E-state index contributed by atoms with van der Waals surface area (Å²) in [6.45, 7) is 0.537. The number of pyridine rings is 1. The normalized spacial score (nSPS) is 10.1. The van der Waals surface area contributed by atoms with E-state index in [0.29, 0.717) is 17.8 Å². The highest BCUT2D eigenvalue weighted by atomic mass is 16.5. The molecule has 0 aliphatic heterocycles. The first kappa shape index (κ1) is 12.6. The molecule has 0 radical (unpaired) electrons. The quantitative estimate of drug-likeness (QED) is 0.745. The molecule has 0 atom stereocenters. The second kappa shape index (κ2) is 6.19. The summed E-state index contributed by atoms with van der Waals surface area (Å²) in [7, 11) is -1.46. The molecule has 0 bridgehead atoms. The van der Waals surface area contributed by atoms with Gasteiger partial charge in [-0.3, -0.25) is 4.98 Å². The molecule has 4 nitrogen and oxygen atoms in total. The van der Waals surface area contributed by atoms with Gasteiger partial charge >= 0.3 is 7.12 Å². The van der Waals surface area contributed by atoms with E-state index in [1.54, 1.807) is 36.7 Å². The lowest BCUT2D eigenvalue weighted by molar-refractivity contribution is 0.322. The van der Waals surface area contributed by atoms with Crippen molar-refractivity contribution in [2.24, 2.45) is 0 Å². The summed E-state index contributed by atoms with van der Waals surface area (Å²) in [5.74, 6) is 0.634. The van der Waals surface area contributed by atoms with E-state index in [2.05, 4.69) is 4.98 Å². The summed E-state index contributed by atoms with van der Waals surface area (Å²) in [4.78, 5) is 3.95. The summed E-state index contributed by atoms with van der Waals surface area (Å²) >= 11 is 0. The lowest BCUT2D eigenvalue weighted by atomic mass is 9.80. The van der Waals surface area contributed by atoms with Crippen LogP contribution in [0.1, 0.15) is 5.56 Å². The van der Waals surface area contributed by atoms with Crippen molar-refractivity contribution >= 4 is 12.6 Å². The second-order valence-electron chi connectivity index (χ2n) is 3.90. The van der Waals surface area contributed by atoms with Gasteiger partial charge in [-0.25, -0.2) is 0 Å². The van der Waals surface area contributed by atoms with Gasteiger partial charge in [0.25, 0.3) is 0 Å². The molecule has 1 aromatic carbocycles. The van der Waals surface area contributed by atoms with Gasteiger partial charge in [0.05, 0.1) is 6.61 Å². The van der Waals surface area contributed by atoms with Gasteiger partial charge in [0.15, 0.2) is 0 Å². The Morgan fingerprint density at radius 1 is 1.11 bits per heavy atom. The smallest absolute Gasteiger partial charge is 0.488 e. The maximum absolute atomic E-state index is 9.04. The molecule has 0 saturated carbocycles. The highest BCUT2D eigenvalue weighted by Crippen LogP contribution is 2.08. The molecular weight excluding hydrogens is 229 g/mol. The lowest BCUT2D eigenvalue weighted by Gasteiger charge is -2.07. The minimum absolute atomic E-state index is 0.427. The highest BCUT2D eigenvalue weighted by molar-refractivity contribution is 6.58. The van der Waals surface area contributed by atoms with Crippen molar-refractivity contribution in [1.82, 2.24) is 4.98 Å². The second-order valence-corrected chi connectivity index (χ2v) is 3.90. The minimum atomic E-state index is -1.46. The molecule has 2 N–H and O–H groups in total. The zero-order valence-electron chi connectivity index (χ0n) is 9.86. The Labute approximate surface area is 106 Å². The van der Waals surface area contributed by atoms with E-state index in [-0.39, 0.29) is 0 Å². The molecule has 0 spiro atoms. The third-order valence-corrected chi connectivity index (χ3v) is 2.57. The molecule has 0 aliphatic rings. The fourth-order valence-electron chi connectivity index (χ4n) is 1.60. The monoisotopic (exact) mass is 243 g/mol. The van der Waals surface area contributed by atoms with Crippen LogP contribution in [0.3, 0.4) is 0 Å². The summed E-state index contributed by atoms with van der Waals surface area (Å²) in [6, 6.07) is 10.7. The topological polar surface area (TPSA) is 62.6 Å². The van der Waals surface area contributed by atoms with Crippen LogP contribution in [-0.2, 0) is 6.42 Å². The minimum Gasteiger partial charge on any atom is -0.493 e. The van der Waals surface area contributed by atoms with Crippen molar-refractivity contribution in [3.8, 4) is 5.75 Å². The first-order chi connectivity index (χ1) is 8.75. The third kappa shape index (κ3) is 3.58. The molecular formula is C13H14BNO3. The van der Waals surface area contributed by atoms with Gasteiger partial charge in [0.2, 0.25) is 0 Å². The molecule has 0 amide bonds. The van der Waals surface area contributed by atoms with Crippen molar-refractivity contribution in [1.29, 1.82) is 0 Å². The van der Waals surface area contributed by atoms with E-state index in [1.807, 2.05) is 12.1 Å². The number of hydrogen-bond acceptors (Lipinski definition) is 4. The molecule has 2 aromatic rings. The highest BCUT2D eigenvalue weighted by Gasteiger charge is 2.10. The van der Waals surface area contributed by atoms with E-state index >= 15 is 0 Å². The van der Waals surface area contributed by atoms with E-state index in [0.717, 1.165) is 12.0 Å². The summed E-state index contributed by atoms with van der Waals surface area (Å²) < 4.78 is 5.56. The maximum atomic E-state index is 9.04. The molecule has 0 aliphatic carbocycles. The van der Waals surface area contributed by atoms with Crippen LogP contribution in [0.2, 0.25) is 0 Å². The SMILES string of the molecule is OB(O)c1cccc(OCCc2ccncc2)c1. The van der Waals surface area contributed by atoms with Crippen LogP contribution < -0.4 is 10.2 Å². The van der Waals surface area contributed by atoms with Crippen LogP contribution >= 0.6 is 0 Å². The van der Waals surface area contributed by atoms with Crippen molar-refractivity contribution in [3.63, 3.8) is 0 Å². The van der Waals surface area contributed by atoms with Crippen LogP contribution in [0.15, 0.2) is 48.8 Å². The number of rotatable bonds is 5. The van der Waals surface area contributed by atoms with Crippen molar-refractivity contribution in [2.75, 3.05) is 6.61 Å². The van der Waals surface area contributed by atoms with E-state index in [4.69, 9.17) is 14.8 Å². The van der Waals surface area contributed by atoms with E-state index in [1.165, 1.54) is 0 Å². The van der Waals surface area contributed by atoms with Crippen LogP contribution in [0.25, 0.3) is 0 Å². The van der Waals surface area contributed by atoms with Crippen molar-refractivity contribution in [3.05, 3.63) is 54.4 Å². The molecule has 5 heteroatoms. The fourth-order valence-corrected chi connectivity index (χ4v) is 1.60. The van der Waals surface area contributed by atoms with Crippen molar-refractivity contribution < 1.29 is 14.8 Å². The number of ether oxygens (including phenoxy) is 1. The van der Waals surface area contributed by atoms with Gasteiger partial charge < -0.3 is 14.8 Å². The van der Waals surface area contributed by atoms with Crippen LogP contribution in [0.4, 0.5) is 0 Å². The van der Waals surface area contributed by atoms with E-state index in [9.17, 15) is 0 Å². The lowest BCUT2D eigenvalue weighted by Crippen LogP contribution is -2.29. The summed E-state index contributed by atoms with van der Waals surface area (Å²) in [6.07, 6.45) is 4.28. The Hall–Kier alpha value is -1.85. The first-order valence-corrected chi connectivity index (χ1v) is 5.73. The maximum Gasteiger partial charge on any atom is 0.488 e. The Morgan fingerprint density at radius 2 is 1.89 bits per heavy atom.